The molecule has 1 aromatic rings. The van der Waals surface area contributed by atoms with Crippen LogP contribution in [0.15, 0.2) is 18.2 Å². The number of nitrogens with two attached hydrogens (primary N) is 1. The van der Waals surface area contributed by atoms with Crippen molar-refractivity contribution < 1.29 is 19.0 Å². The fourth-order valence-corrected chi connectivity index (χ4v) is 1.94. The maximum atomic E-state index is 11.8. The first kappa shape index (κ1) is 13.6. The Morgan fingerprint density at radius 1 is 1.47 bits per heavy atom. The summed E-state index contributed by atoms with van der Waals surface area (Å²) in [6, 6.07) is 5.35. The van der Waals surface area contributed by atoms with Crippen LogP contribution in [-0.2, 0) is 15.1 Å². The third kappa shape index (κ3) is 2.64. The van der Waals surface area contributed by atoms with Crippen LogP contribution in [0.25, 0.3) is 0 Å². The maximum absolute atomic E-state index is 11.8. The largest absolute Gasteiger partial charge is 0.454 e. The molecule has 6 nitrogen and oxygen atoms in total. The van der Waals surface area contributed by atoms with Crippen LogP contribution in [0.5, 0.6) is 11.5 Å². The second-order valence-electron chi connectivity index (χ2n) is 4.48. The van der Waals surface area contributed by atoms with E-state index in [9.17, 15) is 4.79 Å². The van der Waals surface area contributed by atoms with Gasteiger partial charge in [0.05, 0.1) is 6.61 Å². The Labute approximate surface area is 111 Å². The number of ether oxygens (including phenoxy) is 3. The van der Waals surface area contributed by atoms with Crippen LogP contribution in [0.1, 0.15) is 12.5 Å². The van der Waals surface area contributed by atoms with E-state index in [1.54, 1.807) is 32.2 Å². The van der Waals surface area contributed by atoms with Gasteiger partial charge in [0.2, 0.25) is 12.7 Å². The van der Waals surface area contributed by atoms with Gasteiger partial charge in [0.1, 0.15) is 5.54 Å². The van der Waals surface area contributed by atoms with Crippen LogP contribution < -0.4 is 20.5 Å². The molecule has 0 aromatic heterocycles. The van der Waals surface area contributed by atoms with E-state index in [0.717, 1.165) is 5.56 Å². The molecule has 1 atom stereocenters. The van der Waals surface area contributed by atoms with Crippen molar-refractivity contribution in [3.05, 3.63) is 23.8 Å². The zero-order valence-electron chi connectivity index (χ0n) is 11.1. The number of benzene rings is 1. The van der Waals surface area contributed by atoms with E-state index in [-0.39, 0.29) is 6.79 Å². The Balaban J connectivity index is 2.25. The van der Waals surface area contributed by atoms with Gasteiger partial charge in [0.25, 0.3) is 0 Å². The Morgan fingerprint density at radius 2 is 2.21 bits per heavy atom. The molecule has 19 heavy (non-hydrogen) atoms. The van der Waals surface area contributed by atoms with Gasteiger partial charge >= 0.3 is 0 Å². The molecule has 1 amide bonds. The first-order chi connectivity index (χ1) is 9.08. The number of methoxy groups -OCH3 is 1. The molecule has 1 aromatic carbocycles. The van der Waals surface area contributed by atoms with Crippen LogP contribution in [0.2, 0.25) is 0 Å². The molecule has 0 saturated carbocycles. The minimum atomic E-state index is -0.973. The first-order valence-corrected chi connectivity index (χ1v) is 6.02. The number of rotatable bonds is 6. The van der Waals surface area contributed by atoms with Crippen LogP contribution in [0, 0.1) is 0 Å². The average molecular weight is 266 g/mol. The van der Waals surface area contributed by atoms with Crippen molar-refractivity contribution in [2.24, 2.45) is 5.73 Å². The van der Waals surface area contributed by atoms with Gasteiger partial charge in [-0.15, -0.1) is 0 Å². The second-order valence-corrected chi connectivity index (χ2v) is 4.48. The number of nitrogens with one attached hydrogen (secondary N) is 1. The summed E-state index contributed by atoms with van der Waals surface area (Å²) in [7, 11) is 1.60. The molecule has 1 aliphatic rings. The smallest absolute Gasteiger partial charge is 0.242 e. The van der Waals surface area contributed by atoms with Crippen molar-refractivity contribution in [3.63, 3.8) is 0 Å². The molecule has 0 saturated heterocycles. The van der Waals surface area contributed by atoms with E-state index in [1.165, 1.54) is 0 Å². The monoisotopic (exact) mass is 266 g/mol. The van der Waals surface area contributed by atoms with Gasteiger partial charge in [0, 0.05) is 13.7 Å². The summed E-state index contributed by atoms with van der Waals surface area (Å²) in [5.41, 5.74) is 5.28. The highest BCUT2D eigenvalue weighted by atomic mass is 16.7. The minimum absolute atomic E-state index is 0.198. The lowest BCUT2D eigenvalue weighted by Crippen LogP contribution is -2.51. The summed E-state index contributed by atoms with van der Waals surface area (Å²) in [5.74, 6) is 0.841. The lowest BCUT2D eigenvalue weighted by atomic mass is 9.91. The summed E-state index contributed by atoms with van der Waals surface area (Å²) < 4.78 is 15.5. The SMILES string of the molecule is COCCNC(C)(C(N)=O)c1ccc2c(c1)OCO2. The highest BCUT2D eigenvalue weighted by molar-refractivity contribution is 5.86. The van der Waals surface area contributed by atoms with Gasteiger partial charge < -0.3 is 19.9 Å². The van der Waals surface area contributed by atoms with E-state index in [1.807, 2.05) is 0 Å². The summed E-state index contributed by atoms with van der Waals surface area (Å²) in [4.78, 5) is 11.8. The molecule has 0 fully saturated rings. The number of primary amides is 1. The van der Waals surface area contributed by atoms with Gasteiger partial charge in [-0.2, -0.15) is 0 Å². The predicted octanol–water partition coefficient (Wildman–Crippen LogP) is 0.352. The van der Waals surface area contributed by atoms with Gasteiger partial charge in [-0.3, -0.25) is 10.1 Å². The van der Waals surface area contributed by atoms with Crippen molar-refractivity contribution in [2.75, 3.05) is 27.1 Å². The molecule has 0 spiro atoms. The molecular formula is C13H18N2O4. The van der Waals surface area contributed by atoms with Gasteiger partial charge in [0.15, 0.2) is 11.5 Å². The zero-order valence-corrected chi connectivity index (χ0v) is 11.1. The Hall–Kier alpha value is -1.79. The van der Waals surface area contributed by atoms with Crippen LogP contribution in [0.3, 0.4) is 0 Å². The van der Waals surface area contributed by atoms with Crippen LogP contribution in [0.4, 0.5) is 0 Å². The number of fused-ring (bicyclic) bond motifs is 1. The lowest BCUT2D eigenvalue weighted by Gasteiger charge is -2.28. The molecule has 2 rings (SSSR count). The van der Waals surface area contributed by atoms with E-state index >= 15 is 0 Å². The van der Waals surface area contributed by atoms with Crippen LogP contribution in [-0.4, -0.2) is 33.0 Å². The molecule has 1 unspecified atom stereocenters. The van der Waals surface area contributed by atoms with Gasteiger partial charge in [-0.05, 0) is 24.6 Å². The molecule has 104 valence electrons. The maximum Gasteiger partial charge on any atom is 0.242 e. The summed E-state index contributed by atoms with van der Waals surface area (Å²) in [6.45, 7) is 2.95. The molecule has 3 N–H and O–H groups in total. The number of amides is 1. The summed E-state index contributed by atoms with van der Waals surface area (Å²) >= 11 is 0. The summed E-state index contributed by atoms with van der Waals surface area (Å²) in [5, 5.41) is 3.11. The fraction of sp³-hybridized carbons (Fsp3) is 0.462. The Bertz CT molecular complexity index is 478. The topological polar surface area (TPSA) is 82.8 Å². The highest BCUT2D eigenvalue weighted by Crippen LogP contribution is 2.35. The predicted molar refractivity (Wildman–Crippen MR) is 69.0 cm³/mol. The molecule has 0 bridgehead atoms. The molecule has 6 heteroatoms. The molecule has 1 aliphatic heterocycles. The van der Waals surface area contributed by atoms with E-state index in [4.69, 9.17) is 19.9 Å². The third-order valence-electron chi connectivity index (χ3n) is 3.23. The van der Waals surface area contributed by atoms with Crippen molar-refractivity contribution in [1.29, 1.82) is 0 Å². The lowest BCUT2D eigenvalue weighted by molar-refractivity contribution is -0.124. The van der Waals surface area contributed by atoms with Crippen molar-refractivity contribution in [3.8, 4) is 11.5 Å². The third-order valence-corrected chi connectivity index (χ3v) is 3.23. The molecular weight excluding hydrogens is 248 g/mol. The normalized spacial score (nSPS) is 16.1. The second kappa shape index (κ2) is 5.46. The first-order valence-electron chi connectivity index (χ1n) is 6.02. The Kier molecular flexibility index (Phi) is 3.92. The van der Waals surface area contributed by atoms with E-state index in [0.29, 0.717) is 24.7 Å². The number of carbonyl (C=O) groups excluding carboxylic acids is 1. The van der Waals surface area contributed by atoms with Gasteiger partial charge in [-0.1, -0.05) is 6.07 Å². The van der Waals surface area contributed by atoms with Crippen molar-refractivity contribution in [2.45, 2.75) is 12.5 Å². The molecule has 1 heterocycles. The van der Waals surface area contributed by atoms with Crippen LogP contribution >= 0.6 is 0 Å². The summed E-state index contributed by atoms with van der Waals surface area (Å²) in [6.07, 6.45) is 0. The quantitative estimate of drug-likeness (QED) is 0.726. The average Bonchev–Trinajstić information content (AvgIpc) is 2.85. The van der Waals surface area contributed by atoms with E-state index in [2.05, 4.69) is 5.32 Å². The fourth-order valence-electron chi connectivity index (χ4n) is 1.94. The number of hydrogen-bond donors (Lipinski definition) is 2. The molecule has 0 aliphatic carbocycles. The van der Waals surface area contributed by atoms with Crippen molar-refractivity contribution >= 4 is 5.91 Å². The van der Waals surface area contributed by atoms with Gasteiger partial charge in [-0.25, -0.2) is 0 Å². The highest BCUT2D eigenvalue weighted by Gasteiger charge is 2.33. The molecule has 0 radical (unpaired) electrons. The Morgan fingerprint density at radius 3 is 2.89 bits per heavy atom. The standard InChI is InChI=1S/C13H18N2O4/c1-13(12(14)16,15-5-6-17-2)9-3-4-10-11(7-9)19-8-18-10/h3-4,7,15H,5-6,8H2,1-2H3,(H2,14,16). The minimum Gasteiger partial charge on any atom is -0.454 e. The van der Waals surface area contributed by atoms with E-state index < -0.39 is 11.4 Å². The number of hydrogen-bond acceptors (Lipinski definition) is 5. The van der Waals surface area contributed by atoms with Crippen molar-refractivity contribution in [1.82, 2.24) is 5.32 Å². The number of carbonyl (C=O) groups is 1. The zero-order chi connectivity index (χ0) is 13.9.